The minimum absolute atomic E-state index is 0.125. The van der Waals surface area contributed by atoms with E-state index in [0.717, 1.165) is 10.0 Å². The predicted molar refractivity (Wildman–Crippen MR) is 111 cm³/mol. The van der Waals surface area contributed by atoms with Crippen molar-refractivity contribution in [2.24, 2.45) is 0 Å². The number of halogens is 2. The van der Waals surface area contributed by atoms with Gasteiger partial charge in [-0.1, -0.05) is 26.8 Å². The second-order valence-corrected chi connectivity index (χ2v) is 8.71. The van der Waals surface area contributed by atoms with Gasteiger partial charge in [0.25, 0.3) is 0 Å². The van der Waals surface area contributed by atoms with Gasteiger partial charge in [-0.15, -0.1) is 10.2 Å². The van der Waals surface area contributed by atoms with Crippen molar-refractivity contribution in [2.45, 2.75) is 32.7 Å². The third-order valence-electron chi connectivity index (χ3n) is 4.65. The molecule has 0 saturated heterocycles. The Kier molecular flexibility index (Phi) is 4.65. The first-order chi connectivity index (χ1) is 13.7. The minimum Gasteiger partial charge on any atom is -0.494 e. The lowest BCUT2D eigenvalue weighted by Gasteiger charge is -2.17. The Hall–Kier alpha value is -2.81. The van der Waals surface area contributed by atoms with E-state index in [9.17, 15) is 9.18 Å². The van der Waals surface area contributed by atoms with Crippen molar-refractivity contribution in [3.05, 3.63) is 62.6 Å². The Morgan fingerprint density at radius 1 is 1.21 bits per heavy atom. The molecule has 0 bridgehead atoms. The van der Waals surface area contributed by atoms with Crippen molar-refractivity contribution in [2.75, 3.05) is 7.11 Å². The maximum Gasteiger partial charge on any atom is 0.336 e. The van der Waals surface area contributed by atoms with Crippen molar-refractivity contribution in [1.29, 1.82) is 0 Å². The van der Waals surface area contributed by atoms with Crippen LogP contribution in [0.3, 0.4) is 0 Å². The average Bonchev–Trinajstić information content (AvgIpc) is 3.12. The number of nitrogens with zero attached hydrogens (tertiary/aromatic N) is 5. The number of fused-ring (bicyclic) bond motifs is 3. The van der Waals surface area contributed by atoms with Gasteiger partial charge >= 0.3 is 5.69 Å². The van der Waals surface area contributed by atoms with Gasteiger partial charge in [0, 0.05) is 16.1 Å². The van der Waals surface area contributed by atoms with E-state index < -0.39 is 11.2 Å². The van der Waals surface area contributed by atoms with E-state index in [1.54, 1.807) is 22.9 Å². The van der Waals surface area contributed by atoms with Crippen LogP contribution in [0, 0.1) is 5.82 Å². The highest BCUT2D eigenvalue weighted by Gasteiger charge is 2.25. The second-order valence-electron chi connectivity index (χ2n) is 7.79. The van der Waals surface area contributed by atoms with Crippen LogP contribution >= 0.6 is 15.9 Å². The van der Waals surface area contributed by atoms with Crippen molar-refractivity contribution in [3.63, 3.8) is 0 Å². The second kappa shape index (κ2) is 6.91. The number of methoxy groups -OCH3 is 1. The van der Waals surface area contributed by atoms with Gasteiger partial charge in [-0.25, -0.2) is 18.6 Å². The Morgan fingerprint density at radius 2 is 1.97 bits per heavy atom. The highest BCUT2D eigenvalue weighted by molar-refractivity contribution is 9.10. The highest BCUT2D eigenvalue weighted by Crippen LogP contribution is 2.25. The molecular formula is C20H19BrFN5O2. The van der Waals surface area contributed by atoms with E-state index in [1.165, 1.54) is 17.6 Å². The Bertz CT molecular complexity index is 1310. The molecule has 9 heteroatoms. The third-order valence-corrected chi connectivity index (χ3v) is 5.08. The Balaban J connectivity index is 2.04. The van der Waals surface area contributed by atoms with E-state index in [2.05, 4.69) is 31.1 Å². The molecule has 0 unspecified atom stereocenters. The number of hydrogen-bond donors (Lipinski definition) is 0. The van der Waals surface area contributed by atoms with Gasteiger partial charge in [0.1, 0.15) is 11.3 Å². The summed E-state index contributed by atoms with van der Waals surface area (Å²) in [5, 5.41) is 8.51. The molecule has 3 heterocycles. The summed E-state index contributed by atoms with van der Waals surface area (Å²) in [6.45, 7) is 6.12. The fourth-order valence-electron chi connectivity index (χ4n) is 3.27. The molecule has 0 aliphatic carbocycles. The maximum atomic E-state index is 13.8. The summed E-state index contributed by atoms with van der Waals surface area (Å²) >= 11 is 3.42. The van der Waals surface area contributed by atoms with Crippen LogP contribution < -0.4 is 10.4 Å². The van der Waals surface area contributed by atoms with Crippen LogP contribution in [0.2, 0.25) is 0 Å². The van der Waals surface area contributed by atoms with E-state index in [4.69, 9.17) is 4.74 Å². The number of hydrogen-bond acceptors (Lipinski definition) is 5. The Morgan fingerprint density at radius 3 is 2.66 bits per heavy atom. The molecule has 0 amide bonds. The molecule has 0 spiro atoms. The van der Waals surface area contributed by atoms with Crippen molar-refractivity contribution < 1.29 is 9.13 Å². The van der Waals surface area contributed by atoms with E-state index in [0.29, 0.717) is 22.5 Å². The lowest BCUT2D eigenvalue weighted by atomic mass is 9.96. The fourth-order valence-corrected chi connectivity index (χ4v) is 3.59. The molecule has 29 heavy (non-hydrogen) atoms. The first-order valence-electron chi connectivity index (χ1n) is 8.97. The normalized spacial score (nSPS) is 12.1. The predicted octanol–water partition coefficient (Wildman–Crippen LogP) is 3.70. The smallest absolute Gasteiger partial charge is 0.336 e. The summed E-state index contributed by atoms with van der Waals surface area (Å²) in [4.78, 5) is 18.0. The first-order valence-corrected chi connectivity index (χ1v) is 9.76. The summed E-state index contributed by atoms with van der Waals surface area (Å²) in [6.07, 6.45) is 1.66. The van der Waals surface area contributed by atoms with Gasteiger partial charge in [0.05, 0.1) is 19.2 Å². The van der Waals surface area contributed by atoms with E-state index in [1.807, 2.05) is 26.8 Å². The molecule has 150 valence electrons. The molecule has 4 aromatic rings. The SMILES string of the molecule is COc1cc(Cn2c(=O)n3c(C(C)(C)C)nnc3c3ncc(Br)cc32)ccc1F. The van der Waals surface area contributed by atoms with Crippen LogP contribution in [0.25, 0.3) is 16.7 Å². The molecular weight excluding hydrogens is 441 g/mol. The largest absolute Gasteiger partial charge is 0.494 e. The van der Waals surface area contributed by atoms with Crippen LogP contribution in [0.4, 0.5) is 4.39 Å². The van der Waals surface area contributed by atoms with Crippen LogP contribution in [-0.2, 0) is 12.0 Å². The lowest BCUT2D eigenvalue weighted by molar-refractivity contribution is 0.385. The molecule has 0 N–H and O–H groups in total. The molecule has 7 nitrogen and oxygen atoms in total. The summed E-state index contributed by atoms with van der Waals surface area (Å²) in [5.74, 6) is 0.219. The van der Waals surface area contributed by atoms with Gasteiger partial charge in [-0.3, -0.25) is 4.57 Å². The molecule has 0 saturated carbocycles. The molecule has 3 aromatic heterocycles. The van der Waals surface area contributed by atoms with Crippen LogP contribution in [-0.4, -0.2) is 31.3 Å². The summed E-state index contributed by atoms with van der Waals surface area (Å²) in [5.41, 5.74) is 1.62. The van der Waals surface area contributed by atoms with Gasteiger partial charge in [-0.05, 0) is 39.7 Å². The lowest BCUT2D eigenvalue weighted by Crippen LogP contribution is -2.31. The molecule has 0 atom stereocenters. The van der Waals surface area contributed by atoms with Gasteiger partial charge in [0.2, 0.25) is 0 Å². The molecule has 0 radical (unpaired) electrons. The van der Waals surface area contributed by atoms with Gasteiger partial charge < -0.3 is 4.74 Å². The molecule has 0 fully saturated rings. The molecule has 0 aliphatic heterocycles. The quantitative estimate of drug-likeness (QED) is 0.466. The fraction of sp³-hybridized carbons (Fsp3) is 0.300. The van der Waals surface area contributed by atoms with Gasteiger partial charge in [0.15, 0.2) is 17.2 Å². The molecule has 1 aromatic carbocycles. The van der Waals surface area contributed by atoms with Crippen LogP contribution in [0.15, 0.2) is 39.7 Å². The minimum atomic E-state index is -0.456. The number of rotatable bonds is 3. The summed E-state index contributed by atoms with van der Waals surface area (Å²) < 4.78 is 22.7. The van der Waals surface area contributed by atoms with Gasteiger partial charge in [-0.2, -0.15) is 0 Å². The highest BCUT2D eigenvalue weighted by atomic mass is 79.9. The number of pyridine rings is 1. The summed E-state index contributed by atoms with van der Waals surface area (Å²) in [7, 11) is 1.41. The van der Waals surface area contributed by atoms with Crippen molar-refractivity contribution >= 4 is 32.6 Å². The standard InChI is InChI=1S/C20H19BrFN5O2/c1-20(2,3)18-25-24-17-16-14(8-12(21)9-23-16)26(19(28)27(17)18)10-11-5-6-13(22)15(7-11)29-4/h5-9H,10H2,1-4H3. The molecule has 4 rings (SSSR count). The zero-order chi connectivity index (χ0) is 20.9. The zero-order valence-electron chi connectivity index (χ0n) is 16.4. The van der Waals surface area contributed by atoms with Crippen LogP contribution in [0.5, 0.6) is 5.75 Å². The third kappa shape index (κ3) is 3.29. The van der Waals surface area contributed by atoms with Crippen LogP contribution in [0.1, 0.15) is 32.2 Å². The number of aromatic nitrogens is 5. The van der Waals surface area contributed by atoms with E-state index in [-0.39, 0.29) is 18.0 Å². The van der Waals surface area contributed by atoms with Crippen molar-refractivity contribution in [1.82, 2.24) is 24.1 Å². The van der Waals surface area contributed by atoms with E-state index >= 15 is 0 Å². The monoisotopic (exact) mass is 459 g/mol. The first kappa shape index (κ1) is 19.5. The summed E-state index contributed by atoms with van der Waals surface area (Å²) in [6, 6.07) is 6.35. The topological polar surface area (TPSA) is 74.3 Å². The Labute approximate surface area is 174 Å². The number of benzene rings is 1. The number of ether oxygens (including phenoxy) is 1. The maximum absolute atomic E-state index is 13.8. The molecule has 0 aliphatic rings. The zero-order valence-corrected chi connectivity index (χ0v) is 18.0. The average molecular weight is 460 g/mol. The van der Waals surface area contributed by atoms with Crippen molar-refractivity contribution in [3.8, 4) is 5.75 Å².